The van der Waals surface area contributed by atoms with Gasteiger partial charge in [-0.15, -0.1) is 0 Å². The number of ether oxygens (including phenoxy) is 1. The van der Waals surface area contributed by atoms with Crippen molar-refractivity contribution in [1.29, 1.82) is 0 Å². The normalized spacial score (nSPS) is 29.6. The summed E-state index contributed by atoms with van der Waals surface area (Å²) in [5.74, 6) is 0.475. The molecule has 1 saturated carbocycles. The quantitative estimate of drug-likeness (QED) is 0.823. The van der Waals surface area contributed by atoms with Crippen molar-refractivity contribution >= 4 is 39.3 Å². The number of nitrogens with two attached hydrogens (primary N) is 1. The molecule has 2 bridgehead atoms. The number of ketones is 1. The van der Waals surface area contributed by atoms with Crippen LogP contribution >= 0.6 is 11.6 Å². The number of carbonyl (C=O) groups excluding carboxylic acids is 1. The predicted octanol–water partition coefficient (Wildman–Crippen LogP) is 1.73. The number of rotatable bonds is 3. The fraction of sp³-hybridized carbons (Fsp3) is 0.467. The molecular weight excluding hydrogens is 355 g/mol. The van der Waals surface area contributed by atoms with Crippen LogP contribution in [-0.4, -0.2) is 39.8 Å². The summed E-state index contributed by atoms with van der Waals surface area (Å²) < 4.78 is 5.73. The summed E-state index contributed by atoms with van der Waals surface area (Å²) >= 11 is 8.76. The molecule has 1 aromatic carbocycles. The first-order valence-corrected chi connectivity index (χ1v) is 8.71. The second kappa shape index (κ2) is 5.73. The van der Waals surface area contributed by atoms with E-state index in [-0.39, 0.29) is 11.8 Å². The minimum absolute atomic E-state index is 0.00314. The van der Waals surface area contributed by atoms with Gasteiger partial charge in [-0.05, 0) is 0 Å². The number of hydrogen-bond donors (Lipinski definition) is 1. The van der Waals surface area contributed by atoms with Crippen LogP contribution in [0.2, 0.25) is 10.3 Å². The molecule has 2 N–H and O–H groups in total. The molecule has 0 amide bonds. The molecule has 0 spiro atoms. The molecule has 21 heavy (non-hydrogen) atoms. The number of nitrogens with zero attached hydrogens (tertiary/aromatic N) is 1. The van der Waals surface area contributed by atoms with Crippen molar-refractivity contribution in [3.63, 3.8) is 0 Å². The Hall–Kier alpha value is -0.871. The number of halogens is 1. The summed E-state index contributed by atoms with van der Waals surface area (Å²) in [5.41, 5.74) is 5.90. The zero-order valence-electron chi connectivity index (χ0n) is 11.5. The van der Waals surface area contributed by atoms with Gasteiger partial charge in [-0.1, -0.05) is 0 Å². The Morgan fingerprint density at radius 1 is 1.52 bits per heavy atom. The third kappa shape index (κ3) is 2.42. The first-order chi connectivity index (χ1) is 10.1. The van der Waals surface area contributed by atoms with Gasteiger partial charge >= 0.3 is 137 Å². The topological polar surface area (TPSA) is 64.7 Å². The van der Waals surface area contributed by atoms with Gasteiger partial charge in [0, 0.05) is 0 Å². The molecule has 0 radical (unpaired) electrons. The summed E-state index contributed by atoms with van der Waals surface area (Å²) in [6.45, 7) is 0. The Bertz CT molecular complexity index is 607. The van der Waals surface area contributed by atoms with E-state index < -0.39 is 11.6 Å². The Kier molecular flexibility index (Phi) is 4.10. The summed E-state index contributed by atoms with van der Waals surface area (Å²) in [4.78, 5) is 17.4. The zero-order valence-corrected chi connectivity index (χ0v) is 14.1. The van der Waals surface area contributed by atoms with Gasteiger partial charge < -0.3 is 0 Å². The number of hydrogen-bond acceptors (Lipinski definition) is 4. The van der Waals surface area contributed by atoms with Crippen molar-refractivity contribution in [1.82, 2.24) is 0 Å². The van der Waals surface area contributed by atoms with Crippen molar-refractivity contribution in [2.45, 2.75) is 42.3 Å². The molecule has 1 aromatic rings. The van der Waals surface area contributed by atoms with Crippen LogP contribution in [0.5, 0.6) is 0 Å². The first-order valence-electron chi connectivity index (χ1n) is 7.00. The molecule has 112 valence electrons. The van der Waals surface area contributed by atoms with Crippen LogP contribution in [0.25, 0.3) is 0 Å². The van der Waals surface area contributed by atoms with Gasteiger partial charge in [0.1, 0.15) is 0 Å². The van der Waals surface area contributed by atoms with Gasteiger partial charge in [0.15, 0.2) is 0 Å². The Labute approximate surface area is 136 Å². The minimum atomic E-state index is -0.922. The monoisotopic (exact) mass is 372 g/mol. The van der Waals surface area contributed by atoms with E-state index in [4.69, 9.17) is 22.1 Å². The molecule has 6 heteroatoms. The third-order valence-electron chi connectivity index (χ3n) is 4.10. The third-order valence-corrected chi connectivity index (χ3v) is 5.26. The average Bonchev–Trinajstić information content (AvgIpc) is 2.47. The SMILES string of the molecule is NC(C[SeH])C1=N[C@]2(c3ccccc3Cl)CCC[C@H](O1)C2=O. The molecule has 1 aliphatic heterocycles. The van der Waals surface area contributed by atoms with Gasteiger partial charge in [-0.3, -0.25) is 0 Å². The standard InChI is InChI=1S/C15H17ClN2O2Se/c16-10-5-2-1-4-9(10)15-7-3-6-12(13(15)19)20-14(18-15)11(17)8-21/h1-2,4-5,11-12,21H,3,6-8,17H2/t11?,12-,15-/m0/s1. The number of Topliss-reactive ketones (excluding diaryl/α,β-unsaturated/α-hetero) is 1. The van der Waals surface area contributed by atoms with Crippen LogP contribution in [0, 0.1) is 0 Å². The summed E-state index contributed by atoms with van der Waals surface area (Å²) in [6.07, 6.45) is 1.81. The van der Waals surface area contributed by atoms with Crippen molar-refractivity contribution in [3.05, 3.63) is 34.9 Å². The van der Waals surface area contributed by atoms with Crippen LogP contribution in [0.4, 0.5) is 0 Å². The van der Waals surface area contributed by atoms with E-state index in [1.54, 1.807) is 6.07 Å². The van der Waals surface area contributed by atoms with E-state index in [0.29, 0.717) is 22.7 Å². The Morgan fingerprint density at radius 2 is 2.29 bits per heavy atom. The van der Waals surface area contributed by atoms with Crippen molar-refractivity contribution < 1.29 is 9.53 Å². The van der Waals surface area contributed by atoms with Crippen molar-refractivity contribution in [3.8, 4) is 0 Å². The van der Waals surface area contributed by atoms with E-state index >= 15 is 0 Å². The maximum absolute atomic E-state index is 12.8. The summed E-state index contributed by atoms with van der Waals surface area (Å²) in [6, 6.07) is 7.10. The van der Waals surface area contributed by atoms with E-state index in [1.807, 2.05) is 18.2 Å². The van der Waals surface area contributed by atoms with Crippen molar-refractivity contribution in [2.75, 3.05) is 0 Å². The fourth-order valence-electron chi connectivity index (χ4n) is 3.02. The molecule has 0 aromatic heterocycles. The van der Waals surface area contributed by atoms with E-state index in [2.05, 4.69) is 21.0 Å². The number of aliphatic imine (C=N–C) groups is 1. The molecule has 3 atom stereocenters. The van der Waals surface area contributed by atoms with E-state index in [1.165, 1.54) is 0 Å². The van der Waals surface area contributed by atoms with Crippen LogP contribution in [0.1, 0.15) is 24.8 Å². The van der Waals surface area contributed by atoms with Crippen LogP contribution < -0.4 is 5.73 Å². The summed E-state index contributed by atoms with van der Waals surface area (Å²) in [5, 5.41) is 1.23. The second-order valence-corrected chi connectivity index (χ2v) is 6.62. The Balaban J connectivity index is 2.16. The van der Waals surface area contributed by atoms with Crippen LogP contribution in [0.15, 0.2) is 29.3 Å². The van der Waals surface area contributed by atoms with Gasteiger partial charge in [0.2, 0.25) is 0 Å². The number of fused-ring (bicyclic) bond motifs is 2. The Morgan fingerprint density at radius 3 is 3.00 bits per heavy atom. The van der Waals surface area contributed by atoms with Gasteiger partial charge in [-0.25, -0.2) is 0 Å². The van der Waals surface area contributed by atoms with Gasteiger partial charge in [-0.2, -0.15) is 0 Å². The maximum atomic E-state index is 12.8. The van der Waals surface area contributed by atoms with E-state index in [0.717, 1.165) is 18.4 Å². The van der Waals surface area contributed by atoms with Crippen LogP contribution in [0.3, 0.4) is 0 Å². The fourth-order valence-corrected chi connectivity index (χ4v) is 3.64. The molecule has 1 aliphatic carbocycles. The molecule has 2 aliphatic rings. The van der Waals surface area contributed by atoms with Crippen molar-refractivity contribution in [2.24, 2.45) is 10.7 Å². The van der Waals surface area contributed by atoms with Gasteiger partial charge in [0.05, 0.1) is 0 Å². The predicted molar refractivity (Wildman–Crippen MR) is 84.2 cm³/mol. The molecule has 1 unspecified atom stereocenters. The second-order valence-electron chi connectivity index (χ2n) is 5.44. The van der Waals surface area contributed by atoms with E-state index in [9.17, 15) is 4.79 Å². The first kappa shape index (κ1) is 15.0. The number of carbonyl (C=O) groups is 1. The summed E-state index contributed by atoms with van der Waals surface area (Å²) in [7, 11) is 0. The van der Waals surface area contributed by atoms with Gasteiger partial charge in [0.25, 0.3) is 0 Å². The molecule has 1 fully saturated rings. The zero-order chi connectivity index (χ0) is 15.0. The molecule has 3 rings (SSSR count). The van der Waals surface area contributed by atoms with Crippen LogP contribution in [-0.2, 0) is 15.1 Å². The molecule has 0 saturated heterocycles. The average molecular weight is 372 g/mol. The number of benzene rings is 1. The molecular formula is C15H17ClN2O2Se. The molecule has 4 nitrogen and oxygen atoms in total. The molecule has 1 heterocycles.